The second kappa shape index (κ2) is 9.93. The molecule has 0 radical (unpaired) electrons. The summed E-state index contributed by atoms with van der Waals surface area (Å²) in [5.41, 5.74) is 1.31. The van der Waals surface area contributed by atoms with Crippen molar-refractivity contribution in [3.8, 4) is 0 Å². The number of carbonyl (C=O) groups excluding carboxylic acids is 1. The summed E-state index contributed by atoms with van der Waals surface area (Å²) in [6, 6.07) is 15.1. The average molecular weight is 461 g/mol. The molecule has 2 aromatic carbocycles. The molecule has 1 amide bonds. The smallest absolute Gasteiger partial charge is 0.335 e. The number of amides is 1. The molecule has 0 heterocycles. The Morgan fingerprint density at radius 1 is 1.04 bits per heavy atom. The van der Waals surface area contributed by atoms with Gasteiger partial charge in [0.15, 0.2) is 5.11 Å². The fourth-order valence-electron chi connectivity index (χ4n) is 2.22. The maximum atomic E-state index is 12.3. The Bertz CT molecular complexity index is 860. The van der Waals surface area contributed by atoms with Crippen molar-refractivity contribution in [3.63, 3.8) is 0 Å². The Hall–Kier alpha value is -2.06. The first-order valence-electron chi connectivity index (χ1n) is 7.96. The van der Waals surface area contributed by atoms with Gasteiger partial charge in [-0.2, -0.15) is 0 Å². The fraction of sp³-hybridized carbons (Fsp3) is 0.167. The molecule has 0 saturated heterocycles. The molecule has 28 heavy (non-hydrogen) atoms. The summed E-state index contributed by atoms with van der Waals surface area (Å²) in [6.07, 6.45) is -1.02. The predicted octanol–water partition coefficient (Wildman–Crippen LogP) is 3.73. The molecule has 0 spiro atoms. The van der Waals surface area contributed by atoms with Gasteiger partial charge < -0.3 is 21.1 Å². The summed E-state index contributed by atoms with van der Waals surface area (Å²) in [5.74, 6) is -1.44. The van der Waals surface area contributed by atoms with Gasteiger partial charge in [-0.15, -0.1) is 0 Å². The van der Waals surface area contributed by atoms with E-state index in [4.69, 9.17) is 52.1 Å². The Labute approximate surface area is 182 Å². The molecule has 6 nitrogen and oxygen atoms in total. The molecule has 148 valence electrons. The maximum absolute atomic E-state index is 12.3. The first-order valence-corrected chi connectivity index (χ1v) is 9.50. The van der Waals surface area contributed by atoms with Crippen molar-refractivity contribution < 1.29 is 14.7 Å². The molecular weight excluding hydrogens is 445 g/mol. The van der Waals surface area contributed by atoms with Gasteiger partial charge in [0.05, 0.1) is 12.0 Å². The van der Waals surface area contributed by atoms with E-state index in [9.17, 15) is 9.59 Å². The minimum atomic E-state index is -1.89. The van der Waals surface area contributed by atoms with E-state index in [-0.39, 0.29) is 23.0 Å². The van der Waals surface area contributed by atoms with Crippen LogP contribution in [0.15, 0.2) is 54.6 Å². The van der Waals surface area contributed by atoms with Gasteiger partial charge in [0, 0.05) is 5.69 Å². The van der Waals surface area contributed by atoms with Crippen LogP contribution in [0, 0.1) is 0 Å². The number of halogens is 3. The molecule has 1 atom stereocenters. The molecule has 4 N–H and O–H groups in total. The highest BCUT2D eigenvalue weighted by Gasteiger charge is 2.34. The van der Waals surface area contributed by atoms with Gasteiger partial charge >= 0.3 is 5.97 Å². The zero-order valence-electron chi connectivity index (χ0n) is 14.3. The summed E-state index contributed by atoms with van der Waals surface area (Å²) >= 11 is 23.0. The first-order chi connectivity index (χ1) is 13.1. The molecule has 2 rings (SSSR count). The lowest BCUT2D eigenvalue weighted by Gasteiger charge is -2.27. The molecule has 2 aromatic rings. The SMILES string of the molecule is O=C(Cc1ccccc1)N[C@H](NC(=S)Nc1cccc(C(=O)O)c1)C(Cl)(Cl)Cl. The van der Waals surface area contributed by atoms with E-state index in [0.717, 1.165) is 5.56 Å². The summed E-state index contributed by atoms with van der Waals surface area (Å²) in [6.45, 7) is 0. The van der Waals surface area contributed by atoms with Crippen LogP contribution < -0.4 is 16.0 Å². The Balaban J connectivity index is 2.01. The largest absolute Gasteiger partial charge is 0.478 e. The molecule has 0 bridgehead atoms. The van der Waals surface area contributed by atoms with Crippen LogP contribution >= 0.6 is 47.0 Å². The van der Waals surface area contributed by atoms with Crippen molar-refractivity contribution in [1.82, 2.24) is 10.6 Å². The van der Waals surface area contributed by atoms with E-state index >= 15 is 0 Å². The van der Waals surface area contributed by atoms with Crippen molar-refractivity contribution in [2.45, 2.75) is 16.4 Å². The minimum absolute atomic E-state index is 0.0406. The van der Waals surface area contributed by atoms with Gasteiger partial charge in [-0.25, -0.2) is 4.79 Å². The summed E-state index contributed by atoms with van der Waals surface area (Å²) in [4.78, 5) is 23.3. The van der Waals surface area contributed by atoms with Crippen molar-refractivity contribution in [1.29, 1.82) is 0 Å². The molecule has 0 aliphatic heterocycles. The standard InChI is InChI=1S/C18H16Cl3N3O3S/c19-18(20,21)16(23-14(25)9-11-5-2-1-3-6-11)24-17(28)22-13-8-4-7-12(10-13)15(26)27/h1-8,10,16H,9H2,(H,23,25)(H,26,27)(H2,22,24,28)/t16-/m1/s1. The molecule has 0 unspecified atom stereocenters. The van der Waals surface area contributed by atoms with Crippen LogP contribution in [-0.4, -0.2) is 32.1 Å². The number of anilines is 1. The Morgan fingerprint density at radius 3 is 2.32 bits per heavy atom. The van der Waals surface area contributed by atoms with Gasteiger partial charge in [0.25, 0.3) is 0 Å². The van der Waals surface area contributed by atoms with Crippen LogP contribution in [0.4, 0.5) is 5.69 Å². The topological polar surface area (TPSA) is 90.5 Å². The maximum Gasteiger partial charge on any atom is 0.335 e. The lowest BCUT2D eigenvalue weighted by molar-refractivity contribution is -0.121. The number of alkyl halides is 3. The Morgan fingerprint density at radius 2 is 1.71 bits per heavy atom. The predicted molar refractivity (Wildman–Crippen MR) is 115 cm³/mol. The van der Waals surface area contributed by atoms with Crippen LogP contribution in [0.1, 0.15) is 15.9 Å². The first kappa shape index (κ1) is 22.2. The third kappa shape index (κ3) is 7.16. The van der Waals surface area contributed by atoms with Gasteiger partial charge in [-0.3, -0.25) is 4.79 Å². The zero-order valence-corrected chi connectivity index (χ0v) is 17.4. The lowest BCUT2D eigenvalue weighted by Crippen LogP contribution is -2.56. The molecule has 0 aliphatic carbocycles. The number of hydrogen-bond donors (Lipinski definition) is 4. The monoisotopic (exact) mass is 459 g/mol. The molecule has 0 aromatic heterocycles. The molecular formula is C18H16Cl3N3O3S. The second-order valence-electron chi connectivity index (χ2n) is 5.69. The average Bonchev–Trinajstić information content (AvgIpc) is 2.61. The van der Waals surface area contributed by atoms with Crippen LogP contribution in [0.5, 0.6) is 0 Å². The number of nitrogens with one attached hydrogen (secondary N) is 3. The molecule has 10 heteroatoms. The summed E-state index contributed by atoms with van der Waals surface area (Å²) < 4.78 is -1.89. The normalized spacial score (nSPS) is 12.0. The third-order valence-corrected chi connectivity index (χ3v) is 4.36. The summed E-state index contributed by atoms with van der Waals surface area (Å²) in [7, 11) is 0. The highest BCUT2D eigenvalue weighted by molar-refractivity contribution is 7.80. The lowest BCUT2D eigenvalue weighted by atomic mass is 10.1. The van der Waals surface area contributed by atoms with Crippen molar-refractivity contribution >= 4 is 69.7 Å². The molecule has 0 aliphatic rings. The third-order valence-electron chi connectivity index (χ3n) is 3.48. The van der Waals surface area contributed by atoms with E-state index < -0.39 is 15.9 Å². The number of carbonyl (C=O) groups is 2. The van der Waals surface area contributed by atoms with E-state index in [2.05, 4.69) is 16.0 Å². The highest BCUT2D eigenvalue weighted by Crippen LogP contribution is 2.29. The van der Waals surface area contributed by atoms with E-state index in [1.165, 1.54) is 12.1 Å². The zero-order chi connectivity index (χ0) is 20.7. The number of carboxylic acid groups (broad SMARTS) is 1. The van der Waals surface area contributed by atoms with E-state index in [1.807, 2.05) is 18.2 Å². The van der Waals surface area contributed by atoms with E-state index in [0.29, 0.717) is 5.69 Å². The quantitative estimate of drug-likeness (QED) is 0.298. The number of benzene rings is 2. The van der Waals surface area contributed by atoms with Crippen molar-refractivity contribution in [3.05, 3.63) is 65.7 Å². The molecule has 0 fully saturated rings. The fourth-order valence-corrected chi connectivity index (χ4v) is 2.78. The Kier molecular flexibility index (Phi) is 7.88. The minimum Gasteiger partial charge on any atom is -0.478 e. The van der Waals surface area contributed by atoms with Gasteiger partial charge in [-0.1, -0.05) is 71.2 Å². The number of carboxylic acids is 1. The second-order valence-corrected chi connectivity index (χ2v) is 8.47. The van der Waals surface area contributed by atoms with Crippen molar-refractivity contribution in [2.24, 2.45) is 0 Å². The summed E-state index contributed by atoms with van der Waals surface area (Å²) in [5, 5.41) is 17.2. The van der Waals surface area contributed by atoms with Gasteiger partial charge in [0.1, 0.15) is 6.17 Å². The van der Waals surface area contributed by atoms with Gasteiger partial charge in [0.2, 0.25) is 9.70 Å². The van der Waals surface area contributed by atoms with Crippen LogP contribution in [0.3, 0.4) is 0 Å². The number of aromatic carboxylic acids is 1. The van der Waals surface area contributed by atoms with Crippen molar-refractivity contribution in [2.75, 3.05) is 5.32 Å². The highest BCUT2D eigenvalue weighted by atomic mass is 35.6. The van der Waals surface area contributed by atoms with Crippen LogP contribution in [0.25, 0.3) is 0 Å². The number of hydrogen-bond acceptors (Lipinski definition) is 3. The van der Waals surface area contributed by atoms with Gasteiger partial charge in [-0.05, 0) is 36.0 Å². The molecule has 0 saturated carbocycles. The van der Waals surface area contributed by atoms with Crippen LogP contribution in [0.2, 0.25) is 0 Å². The number of thiocarbonyl (C=S) groups is 1. The van der Waals surface area contributed by atoms with Crippen LogP contribution in [-0.2, 0) is 11.2 Å². The number of rotatable bonds is 6. The van der Waals surface area contributed by atoms with E-state index in [1.54, 1.807) is 24.3 Å².